The first-order valence-corrected chi connectivity index (χ1v) is 8.41. The van der Waals surface area contributed by atoms with E-state index in [0.717, 1.165) is 11.3 Å². The van der Waals surface area contributed by atoms with Gasteiger partial charge in [0.05, 0.1) is 5.69 Å². The first-order valence-electron chi connectivity index (χ1n) is 8.41. The van der Waals surface area contributed by atoms with Gasteiger partial charge >= 0.3 is 0 Å². The first-order chi connectivity index (χ1) is 11.5. The standard InChI is InChI=1S/C23H21N/c1-23(2,3)19-12-10-17(11-13-19)22-14-21-18(15-24-22)9-8-16-6-4-5-7-20(16)21/h4-15H,1-3H3. The van der Waals surface area contributed by atoms with Crippen molar-refractivity contribution in [2.24, 2.45) is 0 Å². The highest BCUT2D eigenvalue weighted by molar-refractivity contribution is 6.08. The van der Waals surface area contributed by atoms with Crippen molar-refractivity contribution in [3.8, 4) is 11.3 Å². The lowest BCUT2D eigenvalue weighted by Gasteiger charge is -2.19. The third-order valence-corrected chi connectivity index (χ3v) is 4.67. The third-order valence-electron chi connectivity index (χ3n) is 4.67. The second-order valence-corrected chi connectivity index (χ2v) is 7.40. The quantitative estimate of drug-likeness (QED) is 0.373. The maximum absolute atomic E-state index is 4.68. The van der Waals surface area contributed by atoms with Gasteiger partial charge in [0, 0.05) is 17.1 Å². The molecular weight excluding hydrogens is 290 g/mol. The highest BCUT2D eigenvalue weighted by atomic mass is 14.7. The molecule has 0 spiro atoms. The maximum Gasteiger partial charge on any atom is 0.0708 e. The first kappa shape index (κ1) is 14.9. The molecule has 0 radical (unpaired) electrons. The Kier molecular flexibility index (Phi) is 3.38. The van der Waals surface area contributed by atoms with E-state index >= 15 is 0 Å². The molecule has 0 atom stereocenters. The Labute approximate surface area is 143 Å². The molecule has 0 saturated carbocycles. The molecule has 0 aliphatic carbocycles. The monoisotopic (exact) mass is 311 g/mol. The number of hydrogen-bond acceptors (Lipinski definition) is 1. The Balaban J connectivity index is 1.86. The number of rotatable bonds is 1. The predicted molar refractivity (Wildman–Crippen MR) is 103 cm³/mol. The number of nitrogens with zero attached hydrogens (tertiary/aromatic N) is 1. The van der Waals surface area contributed by atoms with Gasteiger partial charge in [0.1, 0.15) is 0 Å². The van der Waals surface area contributed by atoms with Crippen molar-refractivity contribution in [1.82, 2.24) is 4.98 Å². The van der Waals surface area contributed by atoms with Gasteiger partial charge in [0.15, 0.2) is 0 Å². The Morgan fingerprint density at radius 2 is 1.42 bits per heavy atom. The molecule has 1 nitrogen and oxygen atoms in total. The summed E-state index contributed by atoms with van der Waals surface area (Å²) in [4.78, 5) is 4.68. The van der Waals surface area contributed by atoms with E-state index < -0.39 is 0 Å². The van der Waals surface area contributed by atoms with Crippen LogP contribution in [0, 0.1) is 0 Å². The van der Waals surface area contributed by atoms with E-state index in [9.17, 15) is 0 Å². The molecule has 118 valence electrons. The van der Waals surface area contributed by atoms with Crippen LogP contribution in [0.25, 0.3) is 32.8 Å². The minimum atomic E-state index is 0.172. The van der Waals surface area contributed by atoms with E-state index in [4.69, 9.17) is 0 Å². The van der Waals surface area contributed by atoms with Gasteiger partial charge in [-0.1, -0.05) is 81.4 Å². The van der Waals surface area contributed by atoms with Crippen LogP contribution >= 0.6 is 0 Å². The van der Waals surface area contributed by atoms with Gasteiger partial charge in [0.2, 0.25) is 0 Å². The fraction of sp³-hybridized carbons (Fsp3) is 0.174. The lowest BCUT2D eigenvalue weighted by Crippen LogP contribution is -2.10. The Morgan fingerprint density at radius 3 is 2.17 bits per heavy atom. The second kappa shape index (κ2) is 5.45. The molecule has 0 N–H and O–H groups in total. The summed E-state index contributed by atoms with van der Waals surface area (Å²) in [6.07, 6.45) is 1.98. The Hall–Kier alpha value is -2.67. The summed E-state index contributed by atoms with van der Waals surface area (Å²) in [6.45, 7) is 6.72. The molecule has 1 heteroatoms. The van der Waals surface area contributed by atoms with Gasteiger partial charge in [-0.2, -0.15) is 0 Å². The summed E-state index contributed by atoms with van der Waals surface area (Å²) >= 11 is 0. The van der Waals surface area contributed by atoms with Gasteiger partial charge in [-0.15, -0.1) is 0 Å². The number of hydrogen-bond donors (Lipinski definition) is 0. The van der Waals surface area contributed by atoms with Crippen LogP contribution in [0.2, 0.25) is 0 Å². The highest BCUT2D eigenvalue weighted by Crippen LogP contribution is 2.30. The van der Waals surface area contributed by atoms with Crippen molar-refractivity contribution < 1.29 is 0 Å². The molecule has 0 aliphatic heterocycles. The molecule has 1 aromatic heterocycles. The van der Waals surface area contributed by atoms with Crippen molar-refractivity contribution in [3.05, 3.63) is 78.5 Å². The average molecular weight is 311 g/mol. The van der Waals surface area contributed by atoms with Crippen molar-refractivity contribution in [2.75, 3.05) is 0 Å². The van der Waals surface area contributed by atoms with Gasteiger partial charge in [-0.05, 0) is 33.2 Å². The van der Waals surface area contributed by atoms with Crippen molar-refractivity contribution >= 4 is 21.5 Å². The average Bonchev–Trinajstić information content (AvgIpc) is 2.60. The van der Waals surface area contributed by atoms with Gasteiger partial charge in [-0.3, -0.25) is 4.98 Å². The van der Waals surface area contributed by atoms with Crippen molar-refractivity contribution in [2.45, 2.75) is 26.2 Å². The van der Waals surface area contributed by atoms with Crippen LogP contribution < -0.4 is 0 Å². The molecule has 0 amide bonds. The molecule has 0 bridgehead atoms. The molecule has 1 heterocycles. The maximum atomic E-state index is 4.68. The van der Waals surface area contributed by atoms with E-state index in [2.05, 4.69) is 92.5 Å². The van der Waals surface area contributed by atoms with Crippen LogP contribution in [0.3, 0.4) is 0 Å². The van der Waals surface area contributed by atoms with Crippen LogP contribution in [-0.2, 0) is 5.41 Å². The summed E-state index contributed by atoms with van der Waals surface area (Å²) in [7, 11) is 0. The summed E-state index contributed by atoms with van der Waals surface area (Å²) < 4.78 is 0. The van der Waals surface area contributed by atoms with Crippen molar-refractivity contribution in [1.29, 1.82) is 0 Å². The minimum absolute atomic E-state index is 0.172. The SMILES string of the molecule is CC(C)(C)c1ccc(-c2cc3c(ccc4ccccc43)cn2)cc1. The van der Waals surface area contributed by atoms with E-state index in [1.54, 1.807) is 0 Å². The fourth-order valence-electron chi connectivity index (χ4n) is 3.20. The normalized spacial score (nSPS) is 12.0. The molecule has 3 aromatic carbocycles. The molecule has 0 fully saturated rings. The van der Waals surface area contributed by atoms with Crippen LogP contribution in [0.4, 0.5) is 0 Å². The zero-order valence-corrected chi connectivity index (χ0v) is 14.4. The number of aromatic nitrogens is 1. The molecule has 0 aliphatic rings. The highest BCUT2D eigenvalue weighted by Gasteiger charge is 2.13. The zero-order valence-electron chi connectivity index (χ0n) is 14.4. The minimum Gasteiger partial charge on any atom is -0.256 e. The lowest BCUT2D eigenvalue weighted by molar-refractivity contribution is 0.590. The molecule has 0 saturated heterocycles. The van der Waals surface area contributed by atoms with Gasteiger partial charge < -0.3 is 0 Å². The van der Waals surface area contributed by atoms with E-state index in [0.29, 0.717) is 0 Å². The zero-order chi connectivity index (χ0) is 16.7. The summed E-state index contributed by atoms with van der Waals surface area (Å²) in [5, 5.41) is 5.00. The van der Waals surface area contributed by atoms with Crippen LogP contribution in [-0.4, -0.2) is 4.98 Å². The van der Waals surface area contributed by atoms with E-state index in [1.807, 2.05) is 6.20 Å². The van der Waals surface area contributed by atoms with Crippen LogP contribution in [0.5, 0.6) is 0 Å². The second-order valence-electron chi connectivity index (χ2n) is 7.40. The molecule has 24 heavy (non-hydrogen) atoms. The van der Waals surface area contributed by atoms with E-state index in [-0.39, 0.29) is 5.41 Å². The molecule has 0 unspecified atom stereocenters. The van der Waals surface area contributed by atoms with Gasteiger partial charge in [0.25, 0.3) is 0 Å². The summed E-state index contributed by atoms with van der Waals surface area (Å²) in [6, 6.07) is 23.8. The predicted octanol–water partition coefficient (Wildman–Crippen LogP) is 6.35. The Bertz CT molecular complexity index is 1020. The molecule has 4 aromatic rings. The number of benzene rings is 3. The Morgan fingerprint density at radius 1 is 0.708 bits per heavy atom. The largest absolute Gasteiger partial charge is 0.256 e. The van der Waals surface area contributed by atoms with Gasteiger partial charge in [-0.25, -0.2) is 0 Å². The third kappa shape index (κ3) is 2.56. The van der Waals surface area contributed by atoms with Crippen LogP contribution in [0.15, 0.2) is 72.9 Å². The van der Waals surface area contributed by atoms with Crippen molar-refractivity contribution in [3.63, 3.8) is 0 Å². The smallest absolute Gasteiger partial charge is 0.0708 e. The summed E-state index contributed by atoms with van der Waals surface area (Å²) in [5.74, 6) is 0. The number of fused-ring (bicyclic) bond motifs is 3. The van der Waals surface area contributed by atoms with Crippen LogP contribution in [0.1, 0.15) is 26.3 Å². The topological polar surface area (TPSA) is 12.9 Å². The fourth-order valence-corrected chi connectivity index (χ4v) is 3.20. The van der Waals surface area contributed by atoms with E-state index in [1.165, 1.54) is 27.1 Å². The molecule has 4 rings (SSSR count). The molecular formula is C23H21N. The summed E-state index contributed by atoms with van der Waals surface area (Å²) in [5.41, 5.74) is 3.71. The number of pyridine rings is 1. The lowest BCUT2D eigenvalue weighted by atomic mass is 9.86.